The van der Waals surface area contributed by atoms with Gasteiger partial charge in [0, 0.05) is 30.5 Å². The first-order valence-corrected chi connectivity index (χ1v) is 9.54. The van der Waals surface area contributed by atoms with Crippen molar-refractivity contribution in [3.05, 3.63) is 69.5 Å². The van der Waals surface area contributed by atoms with Gasteiger partial charge in [0.2, 0.25) is 0 Å². The van der Waals surface area contributed by atoms with E-state index in [0.717, 1.165) is 12.0 Å². The number of amides is 2. The van der Waals surface area contributed by atoms with Gasteiger partial charge in [-0.2, -0.15) is 0 Å². The highest BCUT2D eigenvalue weighted by Gasteiger charge is 2.15. The third-order valence-corrected chi connectivity index (χ3v) is 4.49. The Morgan fingerprint density at radius 1 is 1.32 bits per heavy atom. The lowest BCUT2D eigenvalue weighted by atomic mass is 10.2. The molecule has 0 bridgehead atoms. The molecule has 0 aliphatic carbocycles. The van der Waals surface area contributed by atoms with E-state index in [1.165, 1.54) is 0 Å². The monoisotopic (exact) mass is 399 g/mol. The van der Waals surface area contributed by atoms with E-state index in [4.69, 9.17) is 11.6 Å². The number of halogens is 1. The third kappa shape index (κ3) is 5.07. The number of carbonyl (C=O) groups excluding carboxylic acids is 1. The van der Waals surface area contributed by atoms with Crippen molar-refractivity contribution in [3.63, 3.8) is 0 Å². The summed E-state index contributed by atoms with van der Waals surface area (Å²) in [6, 6.07) is 8.58. The Morgan fingerprint density at radius 3 is 2.93 bits per heavy atom. The minimum Gasteiger partial charge on any atom is -0.338 e. The van der Waals surface area contributed by atoms with Crippen LogP contribution in [0.25, 0.3) is 10.9 Å². The first-order chi connectivity index (χ1) is 13.6. The van der Waals surface area contributed by atoms with Gasteiger partial charge in [0.15, 0.2) is 0 Å². The molecule has 2 N–H and O–H groups in total. The Hall–Kier alpha value is -2.93. The largest absolute Gasteiger partial charge is 0.338 e. The van der Waals surface area contributed by atoms with Crippen LogP contribution in [0.15, 0.2) is 47.5 Å². The van der Waals surface area contributed by atoms with Crippen LogP contribution in [0.3, 0.4) is 0 Å². The zero-order valence-corrected chi connectivity index (χ0v) is 16.4. The minimum absolute atomic E-state index is 0.195. The van der Waals surface area contributed by atoms with Gasteiger partial charge in [0.1, 0.15) is 5.82 Å². The summed E-state index contributed by atoms with van der Waals surface area (Å²) in [5.74, 6) is 0.427. The van der Waals surface area contributed by atoms with Crippen molar-refractivity contribution in [2.24, 2.45) is 0 Å². The van der Waals surface area contributed by atoms with Crippen molar-refractivity contribution >= 4 is 28.5 Å². The smallest absolute Gasteiger partial charge is 0.317 e. The van der Waals surface area contributed by atoms with Crippen molar-refractivity contribution in [3.8, 4) is 0 Å². The Bertz CT molecular complexity index is 1010. The average Bonchev–Trinajstić information content (AvgIpc) is 2.68. The van der Waals surface area contributed by atoms with Gasteiger partial charge in [-0.05, 0) is 42.7 Å². The minimum atomic E-state index is -0.245. The molecule has 0 unspecified atom stereocenters. The summed E-state index contributed by atoms with van der Waals surface area (Å²) in [5, 5.41) is 3.89. The van der Waals surface area contributed by atoms with Crippen LogP contribution in [0.4, 0.5) is 4.79 Å². The van der Waals surface area contributed by atoms with Crippen molar-refractivity contribution < 1.29 is 4.79 Å². The third-order valence-electron chi connectivity index (χ3n) is 4.25. The number of benzene rings is 1. The van der Waals surface area contributed by atoms with E-state index in [2.05, 4.69) is 20.3 Å². The fraction of sp³-hybridized carbons (Fsp3) is 0.300. The molecule has 3 aromatic rings. The molecule has 3 rings (SSSR count). The van der Waals surface area contributed by atoms with Crippen molar-refractivity contribution in [2.75, 3.05) is 13.1 Å². The van der Waals surface area contributed by atoms with E-state index >= 15 is 0 Å². The summed E-state index contributed by atoms with van der Waals surface area (Å²) < 4.78 is 0. The summed E-state index contributed by atoms with van der Waals surface area (Å²) in [4.78, 5) is 37.8. The topological polar surface area (TPSA) is 91.0 Å². The molecule has 0 saturated carbocycles. The van der Waals surface area contributed by atoms with Crippen LogP contribution < -0.4 is 10.9 Å². The molecule has 8 heteroatoms. The number of urea groups is 1. The van der Waals surface area contributed by atoms with Gasteiger partial charge >= 0.3 is 6.03 Å². The summed E-state index contributed by atoms with van der Waals surface area (Å²) in [7, 11) is 0. The van der Waals surface area contributed by atoms with Crippen LogP contribution in [-0.2, 0) is 13.0 Å². The maximum atomic E-state index is 12.6. The second-order valence-electron chi connectivity index (χ2n) is 6.44. The van der Waals surface area contributed by atoms with E-state index in [-0.39, 0.29) is 18.1 Å². The Kier molecular flexibility index (Phi) is 6.60. The summed E-state index contributed by atoms with van der Waals surface area (Å²) in [6.07, 6.45) is 4.99. The number of fused-ring (bicyclic) bond motifs is 1. The Balaban J connectivity index is 1.69. The Labute approximate surface area is 167 Å². The lowest BCUT2D eigenvalue weighted by Gasteiger charge is -2.22. The van der Waals surface area contributed by atoms with Crippen LogP contribution in [-0.4, -0.2) is 39.0 Å². The van der Waals surface area contributed by atoms with Gasteiger partial charge in [0.05, 0.1) is 17.4 Å². The molecule has 28 heavy (non-hydrogen) atoms. The van der Waals surface area contributed by atoms with E-state index in [9.17, 15) is 9.59 Å². The highest BCUT2D eigenvalue weighted by atomic mass is 35.5. The van der Waals surface area contributed by atoms with E-state index in [0.29, 0.717) is 41.3 Å². The van der Waals surface area contributed by atoms with Crippen LogP contribution in [0.5, 0.6) is 0 Å². The average molecular weight is 400 g/mol. The molecule has 2 heterocycles. The number of nitrogens with zero attached hydrogens (tertiary/aromatic N) is 3. The number of aromatic nitrogens is 3. The molecule has 0 saturated heterocycles. The quantitative estimate of drug-likeness (QED) is 0.638. The van der Waals surface area contributed by atoms with Gasteiger partial charge in [-0.15, -0.1) is 0 Å². The van der Waals surface area contributed by atoms with E-state index in [1.54, 1.807) is 35.5 Å². The molecule has 2 amide bonds. The van der Waals surface area contributed by atoms with Crippen LogP contribution in [0, 0.1) is 0 Å². The molecular formula is C20H22ClN5O2. The summed E-state index contributed by atoms with van der Waals surface area (Å²) in [6.45, 7) is 3.26. The highest BCUT2D eigenvalue weighted by Crippen LogP contribution is 2.15. The highest BCUT2D eigenvalue weighted by molar-refractivity contribution is 6.31. The number of carbonyl (C=O) groups is 1. The molecular weight excluding hydrogens is 378 g/mol. The normalized spacial score (nSPS) is 10.8. The van der Waals surface area contributed by atoms with Crippen LogP contribution in [0.1, 0.15) is 24.7 Å². The first-order valence-electron chi connectivity index (χ1n) is 9.17. The lowest BCUT2D eigenvalue weighted by Crippen LogP contribution is -2.41. The van der Waals surface area contributed by atoms with Crippen LogP contribution >= 0.6 is 11.6 Å². The molecule has 0 atom stereocenters. The molecule has 146 valence electrons. The van der Waals surface area contributed by atoms with Gasteiger partial charge in [-0.3, -0.25) is 9.78 Å². The zero-order valence-electron chi connectivity index (χ0n) is 15.6. The summed E-state index contributed by atoms with van der Waals surface area (Å²) in [5.41, 5.74) is 1.33. The second kappa shape index (κ2) is 9.32. The molecule has 0 radical (unpaired) electrons. The van der Waals surface area contributed by atoms with E-state index in [1.807, 2.05) is 19.1 Å². The number of pyridine rings is 1. The standard InChI is InChI=1S/C20H22ClN5O2/c1-2-10-26(20(28)23-9-7-14-4-3-8-22-12-14)13-18-24-17-11-15(21)5-6-16(17)19(27)25-18/h3-6,8,11-12H,2,7,9-10,13H2,1H3,(H,23,28)(H,24,25,27). The van der Waals surface area contributed by atoms with Gasteiger partial charge in [0.25, 0.3) is 5.56 Å². The van der Waals surface area contributed by atoms with Gasteiger partial charge < -0.3 is 15.2 Å². The summed E-state index contributed by atoms with van der Waals surface area (Å²) >= 11 is 6.01. The first kappa shape index (κ1) is 19.8. The van der Waals surface area contributed by atoms with Crippen molar-refractivity contribution in [2.45, 2.75) is 26.3 Å². The van der Waals surface area contributed by atoms with Gasteiger partial charge in [-0.25, -0.2) is 9.78 Å². The fourth-order valence-corrected chi connectivity index (χ4v) is 3.08. The molecule has 0 aliphatic heterocycles. The molecule has 2 aromatic heterocycles. The van der Waals surface area contributed by atoms with Crippen molar-refractivity contribution in [1.29, 1.82) is 0 Å². The number of hydrogen-bond acceptors (Lipinski definition) is 4. The molecule has 7 nitrogen and oxygen atoms in total. The van der Waals surface area contributed by atoms with E-state index < -0.39 is 0 Å². The maximum Gasteiger partial charge on any atom is 0.317 e. The number of hydrogen-bond donors (Lipinski definition) is 2. The molecule has 0 aliphatic rings. The molecule has 0 spiro atoms. The molecule has 1 aromatic carbocycles. The van der Waals surface area contributed by atoms with Crippen molar-refractivity contribution in [1.82, 2.24) is 25.2 Å². The van der Waals surface area contributed by atoms with Gasteiger partial charge in [-0.1, -0.05) is 24.6 Å². The number of rotatable bonds is 7. The number of nitrogens with one attached hydrogen (secondary N) is 2. The Morgan fingerprint density at radius 2 is 2.18 bits per heavy atom. The number of H-pyrrole nitrogens is 1. The lowest BCUT2D eigenvalue weighted by molar-refractivity contribution is 0.194. The molecule has 0 fully saturated rings. The second-order valence-corrected chi connectivity index (χ2v) is 6.88. The SMILES string of the molecule is CCCN(Cc1nc2cc(Cl)ccc2c(=O)[nH]1)C(=O)NCCc1cccnc1. The maximum absolute atomic E-state index is 12.6. The predicted octanol–water partition coefficient (Wildman–Crippen LogP) is 3.14. The number of aromatic amines is 1. The zero-order chi connectivity index (χ0) is 19.9. The van der Waals surface area contributed by atoms with Crippen LogP contribution in [0.2, 0.25) is 5.02 Å². The fourth-order valence-electron chi connectivity index (χ4n) is 2.91. The predicted molar refractivity (Wildman–Crippen MR) is 109 cm³/mol.